The van der Waals surface area contributed by atoms with E-state index in [-0.39, 0.29) is 16.1 Å². The van der Waals surface area contributed by atoms with Crippen LogP contribution in [-0.2, 0) is 0 Å². The summed E-state index contributed by atoms with van der Waals surface area (Å²) in [6.45, 7) is 2.49. The average Bonchev–Trinajstić information content (AvgIpc) is 2.65. The van der Waals surface area contributed by atoms with Crippen LogP contribution in [0.5, 0.6) is 11.5 Å². The number of rotatable bonds is 6. The first-order chi connectivity index (χ1) is 12.5. The summed E-state index contributed by atoms with van der Waals surface area (Å²) in [5, 5.41) is 0.204. The summed E-state index contributed by atoms with van der Waals surface area (Å²) in [5.74, 6) is -1.27. The van der Waals surface area contributed by atoms with Crippen LogP contribution in [-0.4, -0.2) is 25.5 Å². The molecule has 0 heterocycles. The number of nitrogens with one attached hydrogen (secondary N) is 2. The molecular weight excluding hydrogens is 363 g/mol. The molecule has 8 heteroatoms. The maximum atomic E-state index is 13.6. The molecule has 2 aromatic rings. The van der Waals surface area contributed by atoms with Crippen LogP contribution in [0.3, 0.4) is 0 Å². The zero-order valence-electron chi connectivity index (χ0n) is 14.3. The highest BCUT2D eigenvalue weighted by atomic mass is 35.5. The molecule has 6 nitrogen and oxygen atoms in total. The molecule has 2 rings (SSSR count). The van der Waals surface area contributed by atoms with Gasteiger partial charge < -0.3 is 9.47 Å². The Labute approximate surface area is 155 Å². The van der Waals surface area contributed by atoms with Crippen molar-refractivity contribution in [2.75, 3.05) is 13.7 Å². The van der Waals surface area contributed by atoms with Gasteiger partial charge in [0.25, 0.3) is 11.8 Å². The summed E-state index contributed by atoms with van der Waals surface area (Å²) in [4.78, 5) is 24.2. The number of methoxy groups -OCH3 is 1. The van der Waals surface area contributed by atoms with Crippen molar-refractivity contribution < 1.29 is 23.5 Å². The number of ether oxygens (including phenoxy) is 2. The smallest absolute Gasteiger partial charge is 0.272 e. The van der Waals surface area contributed by atoms with E-state index in [4.69, 9.17) is 21.1 Å². The Morgan fingerprint density at radius 2 is 1.81 bits per heavy atom. The van der Waals surface area contributed by atoms with Gasteiger partial charge >= 0.3 is 0 Å². The molecule has 0 radical (unpaired) electrons. The summed E-state index contributed by atoms with van der Waals surface area (Å²) in [6, 6.07) is 8.16. The van der Waals surface area contributed by atoms with Crippen LogP contribution in [0.4, 0.5) is 4.39 Å². The Morgan fingerprint density at radius 1 is 1.08 bits per heavy atom. The van der Waals surface area contributed by atoms with Gasteiger partial charge in [-0.3, -0.25) is 20.4 Å². The van der Waals surface area contributed by atoms with Crippen LogP contribution in [0.1, 0.15) is 34.1 Å². The van der Waals surface area contributed by atoms with Gasteiger partial charge in [-0.2, -0.15) is 0 Å². The van der Waals surface area contributed by atoms with Crippen molar-refractivity contribution >= 4 is 23.4 Å². The van der Waals surface area contributed by atoms with E-state index in [0.717, 1.165) is 12.5 Å². The van der Waals surface area contributed by atoms with Crippen molar-refractivity contribution in [2.45, 2.75) is 13.3 Å². The molecule has 0 spiro atoms. The lowest BCUT2D eigenvalue weighted by molar-refractivity contribution is 0.0844. The van der Waals surface area contributed by atoms with Gasteiger partial charge in [0.15, 0.2) is 11.5 Å². The molecule has 0 aliphatic rings. The van der Waals surface area contributed by atoms with Gasteiger partial charge in [0, 0.05) is 10.6 Å². The lowest BCUT2D eigenvalue weighted by Crippen LogP contribution is -2.42. The second kappa shape index (κ2) is 9.05. The Balaban J connectivity index is 2.05. The van der Waals surface area contributed by atoms with E-state index in [2.05, 4.69) is 10.9 Å². The number of hydrogen-bond acceptors (Lipinski definition) is 4. The Bertz CT molecular complexity index is 814. The Hall–Kier alpha value is -2.80. The van der Waals surface area contributed by atoms with Gasteiger partial charge in [0.1, 0.15) is 5.82 Å². The predicted octanol–water partition coefficient (Wildman–Crippen LogP) is 3.35. The molecule has 0 bridgehead atoms. The first-order valence-corrected chi connectivity index (χ1v) is 8.20. The third kappa shape index (κ3) is 4.86. The molecule has 0 unspecified atom stereocenters. The van der Waals surface area contributed by atoms with E-state index in [9.17, 15) is 14.0 Å². The third-order valence-corrected chi connectivity index (χ3v) is 3.59. The summed E-state index contributed by atoms with van der Waals surface area (Å²) >= 11 is 5.74. The third-order valence-electron chi connectivity index (χ3n) is 3.35. The summed E-state index contributed by atoms with van der Waals surface area (Å²) in [7, 11) is 1.46. The largest absolute Gasteiger partial charge is 0.493 e. The molecule has 2 amide bonds. The molecule has 26 heavy (non-hydrogen) atoms. The molecule has 0 aliphatic heterocycles. The van der Waals surface area contributed by atoms with Crippen LogP contribution in [0.2, 0.25) is 5.02 Å². The monoisotopic (exact) mass is 380 g/mol. The van der Waals surface area contributed by atoms with Gasteiger partial charge in [-0.05, 0) is 42.8 Å². The highest BCUT2D eigenvalue weighted by Crippen LogP contribution is 2.28. The maximum Gasteiger partial charge on any atom is 0.272 e. The fourth-order valence-corrected chi connectivity index (χ4v) is 2.24. The van der Waals surface area contributed by atoms with Crippen LogP contribution in [0.25, 0.3) is 0 Å². The van der Waals surface area contributed by atoms with Crippen LogP contribution < -0.4 is 20.3 Å². The van der Waals surface area contributed by atoms with E-state index in [1.54, 1.807) is 6.07 Å². The molecule has 2 aromatic carbocycles. The first kappa shape index (κ1) is 19.5. The standard InChI is InChI=1S/C18H18ClFN2O4/c1-3-8-26-15-7-4-11(9-16(15)25-2)17(23)21-22-18(24)13-10-12(19)5-6-14(13)20/h4-7,9-10H,3,8H2,1-2H3,(H,21,23)(H,22,24). The van der Waals surface area contributed by atoms with Crippen LogP contribution >= 0.6 is 11.6 Å². The maximum absolute atomic E-state index is 13.6. The summed E-state index contributed by atoms with van der Waals surface area (Å²) in [6.07, 6.45) is 0.831. The summed E-state index contributed by atoms with van der Waals surface area (Å²) in [5.41, 5.74) is 4.31. The quantitative estimate of drug-likeness (QED) is 0.753. The summed E-state index contributed by atoms with van der Waals surface area (Å²) < 4.78 is 24.4. The Kier molecular flexibility index (Phi) is 6.80. The zero-order valence-corrected chi connectivity index (χ0v) is 15.0. The number of carbonyl (C=O) groups excluding carboxylic acids is 2. The second-order valence-corrected chi connectivity index (χ2v) is 5.68. The Morgan fingerprint density at radius 3 is 2.50 bits per heavy atom. The van der Waals surface area contributed by atoms with Crippen molar-refractivity contribution in [2.24, 2.45) is 0 Å². The minimum Gasteiger partial charge on any atom is -0.493 e. The van der Waals surface area contributed by atoms with E-state index >= 15 is 0 Å². The van der Waals surface area contributed by atoms with Crippen LogP contribution in [0, 0.1) is 5.82 Å². The van der Waals surface area contributed by atoms with Gasteiger partial charge in [-0.1, -0.05) is 18.5 Å². The number of amides is 2. The van der Waals surface area contributed by atoms with Crippen LogP contribution in [0.15, 0.2) is 36.4 Å². The lowest BCUT2D eigenvalue weighted by atomic mass is 10.2. The predicted molar refractivity (Wildman–Crippen MR) is 95.1 cm³/mol. The molecule has 2 N–H and O–H groups in total. The molecule has 138 valence electrons. The van der Waals surface area contributed by atoms with Crippen molar-refractivity contribution in [3.05, 3.63) is 58.4 Å². The first-order valence-electron chi connectivity index (χ1n) is 7.82. The lowest BCUT2D eigenvalue weighted by Gasteiger charge is -2.12. The average molecular weight is 381 g/mol. The number of hydrazine groups is 1. The molecule has 0 fully saturated rings. The van der Waals surface area contributed by atoms with Gasteiger partial charge in [-0.15, -0.1) is 0 Å². The topological polar surface area (TPSA) is 76.7 Å². The van der Waals surface area contributed by atoms with Gasteiger partial charge in [0.05, 0.1) is 19.3 Å². The van der Waals surface area contributed by atoms with Crippen molar-refractivity contribution in [3.8, 4) is 11.5 Å². The fraction of sp³-hybridized carbons (Fsp3) is 0.222. The minimum absolute atomic E-state index is 0.204. The normalized spacial score (nSPS) is 10.2. The van der Waals surface area contributed by atoms with Gasteiger partial charge in [0.2, 0.25) is 0 Å². The van der Waals surface area contributed by atoms with Crippen molar-refractivity contribution in [1.82, 2.24) is 10.9 Å². The number of halogens is 2. The second-order valence-electron chi connectivity index (χ2n) is 5.25. The van der Waals surface area contributed by atoms with E-state index in [0.29, 0.717) is 18.1 Å². The number of hydrogen-bond donors (Lipinski definition) is 2. The molecule has 0 saturated heterocycles. The van der Waals surface area contributed by atoms with E-state index in [1.807, 2.05) is 6.92 Å². The SMILES string of the molecule is CCCOc1ccc(C(=O)NNC(=O)c2cc(Cl)ccc2F)cc1OC. The fourth-order valence-electron chi connectivity index (χ4n) is 2.06. The van der Waals surface area contributed by atoms with E-state index < -0.39 is 17.6 Å². The van der Waals surface area contributed by atoms with Crippen molar-refractivity contribution in [1.29, 1.82) is 0 Å². The highest BCUT2D eigenvalue weighted by molar-refractivity contribution is 6.31. The zero-order chi connectivity index (χ0) is 19.1. The van der Waals surface area contributed by atoms with Crippen molar-refractivity contribution in [3.63, 3.8) is 0 Å². The molecule has 0 atom stereocenters. The number of benzene rings is 2. The highest BCUT2D eigenvalue weighted by Gasteiger charge is 2.15. The molecular formula is C18H18ClFN2O4. The minimum atomic E-state index is -0.826. The molecule has 0 aromatic heterocycles. The van der Waals surface area contributed by atoms with Gasteiger partial charge in [-0.25, -0.2) is 4.39 Å². The number of carbonyl (C=O) groups is 2. The van der Waals surface area contributed by atoms with E-state index in [1.165, 1.54) is 31.4 Å². The molecule has 0 saturated carbocycles. The molecule has 0 aliphatic carbocycles.